The first kappa shape index (κ1) is 20.9. The summed E-state index contributed by atoms with van der Waals surface area (Å²) in [4.78, 5) is 31.9. The van der Waals surface area contributed by atoms with Gasteiger partial charge in [0.05, 0.1) is 0 Å². The molecule has 0 bridgehead atoms. The van der Waals surface area contributed by atoms with Crippen molar-refractivity contribution in [3.63, 3.8) is 0 Å². The minimum Gasteiger partial charge on any atom is -0.351 e. The molecule has 25 heavy (non-hydrogen) atoms. The molecule has 1 rings (SSSR count). The summed E-state index contributed by atoms with van der Waals surface area (Å²) >= 11 is 0. The zero-order valence-electron chi connectivity index (χ0n) is 16.3. The molecular formula is C20H31N3O2. The van der Waals surface area contributed by atoms with E-state index in [2.05, 4.69) is 37.7 Å². The van der Waals surface area contributed by atoms with Crippen LogP contribution in [0.4, 0.5) is 0 Å². The number of hydrogen-bond acceptors (Lipinski definition) is 3. The minimum absolute atomic E-state index is 0.0644. The highest BCUT2D eigenvalue weighted by atomic mass is 16.2. The lowest BCUT2D eigenvalue weighted by molar-refractivity contribution is -0.134. The first-order valence-corrected chi connectivity index (χ1v) is 8.65. The Bertz CT molecular complexity index is 605. The van der Waals surface area contributed by atoms with Gasteiger partial charge >= 0.3 is 0 Å². The van der Waals surface area contributed by atoms with Crippen LogP contribution in [-0.2, 0) is 4.79 Å². The second-order valence-corrected chi connectivity index (χ2v) is 7.99. The maximum Gasteiger partial charge on any atom is 0.254 e. The number of carbonyl (C=O) groups is 2. The van der Waals surface area contributed by atoms with Crippen LogP contribution in [0.1, 0.15) is 51.9 Å². The summed E-state index contributed by atoms with van der Waals surface area (Å²) in [5.41, 5.74) is -0.601. The van der Waals surface area contributed by atoms with Crippen molar-refractivity contribution in [2.24, 2.45) is 11.3 Å². The molecule has 1 N–H and O–H groups in total. The van der Waals surface area contributed by atoms with Gasteiger partial charge in [0, 0.05) is 31.0 Å². The Morgan fingerprint density at radius 1 is 1.24 bits per heavy atom. The Morgan fingerprint density at radius 3 is 2.24 bits per heavy atom. The number of rotatable bonds is 7. The quantitative estimate of drug-likeness (QED) is 0.771. The normalized spacial score (nSPS) is 13.9. The molecule has 1 aromatic heterocycles. The SMILES string of the molecule is C=CCNC(=O)C(C)(C(C)C)N(CC(C)(C)C)C(=O)c1ccncc1. The molecule has 0 aliphatic rings. The monoisotopic (exact) mass is 345 g/mol. The van der Waals surface area contributed by atoms with Crippen LogP contribution in [0.3, 0.4) is 0 Å². The van der Waals surface area contributed by atoms with E-state index in [4.69, 9.17) is 0 Å². The molecule has 1 unspecified atom stereocenters. The summed E-state index contributed by atoms with van der Waals surface area (Å²) in [7, 11) is 0. The van der Waals surface area contributed by atoms with Gasteiger partial charge in [0.25, 0.3) is 5.91 Å². The van der Waals surface area contributed by atoms with Gasteiger partial charge in [0.15, 0.2) is 0 Å². The van der Waals surface area contributed by atoms with Crippen molar-refractivity contribution in [1.82, 2.24) is 15.2 Å². The zero-order chi connectivity index (χ0) is 19.3. The number of nitrogens with one attached hydrogen (secondary N) is 1. The molecule has 0 aliphatic carbocycles. The molecule has 0 radical (unpaired) electrons. The molecule has 1 atom stereocenters. The van der Waals surface area contributed by atoms with Crippen LogP contribution in [-0.4, -0.2) is 40.3 Å². The van der Waals surface area contributed by atoms with E-state index in [1.807, 2.05) is 20.8 Å². The molecule has 0 saturated carbocycles. The van der Waals surface area contributed by atoms with Gasteiger partial charge in [-0.15, -0.1) is 6.58 Å². The Morgan fingerprint density at radius 2 is 1.80 bits per heavy atom. The molecule has 5 heteroatoms. The molecule has 0 spiro atoms. The fraction of sp³-hybridized carbons (Fsp3) is 0.550. The molecule has 1 heterocycles. The number of nitrogens with zero attached hydrogens (tertiary/aromatic N) is 2. The highest BCUT2D eigenvalue weighted by Crippen LogP contribution is 2.30. The first-order valence-electron chi connectivity index (χ1n) is 8.65. The summed E-state index contributed by atoms with van der Waals surface area (Å²) in [6, 6.07) is 3.36. The highest BCUT2D eigenvalue weighted by Gasteiger charge is 2.46. The average Bonchev–Trinajstić information content (AvgIpc) is 2.55. The van der Waals surface area contributed by atoms with Crippen molar-refractivity contribution >= 4 is 11.8 Å². The number of aromatic nitrogens is 1. The summed E-state index contributed by atoms with van der Waals surface area (Å²) < 4.78 is 0. The molecule has 0 aromatic carbocycles. The van der Waals surface area contributed by atoms with Crippen molar-refractivity contribution in [2.75, 3.05) is 13.1 Å². The first-order chi connectivity index (χ1) is 11.5. The van der Waals surface area contributed by atoms with E-state index >= 15 is 0 Å². The second-order valence-electron chi connectivity index (χ2n) is 7.99. The number of hydrogen-bond donors (Lipinski definition) is 1. The Balaban J connectivity index is 3.37. The maximum atomic E-state index is 13.2. The van der Waals surface area contributed by atoms with Crippen molar-refractivity contribution in [3.05, 3.63) is 42.7 Å². The second kappa shape index (κ2) is 8.28. The molecule has 0 saturated heterocycles. The lowest BCUT2D eigenvalue weighted by Gasteiger charge is -2.45. The van der Waals surface area contributed by atoms with E-state index in [1.54, 1.807) is 35.5 Å². The Kier molecular flexibility index (Phi) is 6.91. The van der Waals surface area contributed by atoms with E-state index in [0.717, 1.165) is 0 Å². The molecule has 5 nitrogen and oxygen atoms in total. The van der Waals surface area contributed by atoms with Crippen LogP contribution in [0.2, 0.25) is 0 Å². The van der Waals surface area contributed by atoms with Crippen molar-refractivity contribution in [2.45, 2.75) is 47.1 Å². The summed E-state index contributed by atoms with van der Waals surface area (Å²) in [5, 5.41) is 2.86. The van der Waals surface area contributed by atoms with Crippen molar-refractivity contribution < 1.29 is 9.59 Å². The van der Waals surface area contributed by atoms with E-state index in [0.29, 0.717) is 18.7 Å². The zero-order valence-corrected chi connectivity index (χ0v) is 16.3. The summed E-state index contributed by atoms with van der Waals surface area (Å²) in [6.45, 7) is 16.4. The van der Waals surface area contributed by atoms with Crippen LogP contribution in [0.25, 0.3) is 0 Å². The predicted octanol–water partition coefficient (Wildman–Crippen LogP) is 3.29. The fourth-order valence-corrected chi connectivity index (χ4v) is 2.61. The molecule has 138 valence electrons. The molecule has 0 aliphatic heterocycles. The van der Waals surface area contributed by atoms with Crippen molar-refractivity contribution in [3.8, 4) is 0 Å². The lowest BCUT2D eigenvalue weighted by Crippen LogP contribution is -2.63. The third-order valence-corrected chi connectivity index (χ3v) is 4.36. The van der Waals surface area contributed by atoms with E-state index < -0.39 is 5.54 Å². The molecule has 2 amide bonds. The number of pyridine rings is 1. The number of carbonyl (C=O) groups excluding carboxylic acids is 2. The van der Waals surface area contributed by atoms with E-state index in [1.165, 1.54) is 0 Å². The van der Waals surface area contributed by atoms with Gasteiger partial charge < -0.3 is 10.2 Å². The molecular weight excluding hydrogens is 314 g/mol. The van der Waals surface area contributed by atoms with Crippen LogP contribution >= 0.6 is 0 Å². The van der Waals surface area contributed by atoms with Crippen LogP contribution in [0, 0.1) is 11.3 Å². The summed E-state index contributed by atoms with van der Waals surface area (Å²) in [6.07, 6.45) is 4.82. The molecule has 0 fully saturated rings. The van der Waals surface area contributed by atoms with Crippen LogP contribution in [0.5, 0.6) is 0 Å². The number of amides is 2. The average molecular weight is 345 g/mol. The van der Waals surface area contributed by atoms with Crippen molar-refractivity contribution in [1.29, 1.82) is 0 Å². The largest absolute Gasteiger partial charge is 0.351 e. The summed E-state index contributed by atoms with van der Waals surface area (Å²) in [5.74, 6) is -0.401. The Labute approximate surface area is 151 Å². The third-order valence-electron chi connectivity index (χ3n) is 4.36. The highest BCUT2D eigenvalue weighted by molar-refractivity contribution is 5.99. The van der Waals surface area contributed by atoms with Gasteiger partial charge in [-0.3, -0.25) is 14.6 Å². The predicted molar refractivity (Wildman–Crippen MR) is 101 cm³/mol. The van der Waals surface area contributed by atoms with Gasteiger partial charge in [0.1, 0.15) is 5.54 Å². The fourth-order valence-electron chi connectivity index (χ4n) is 2.61. The van der Waals surface area contributed by atoms with E-state index in [-0.39, 0.29) is 23.1 Å². The van der Waals surface area contributed by atoms with Gasteiger partial charge in [0.2, 0.25) is 5.91 Å². The lowest BCUT2D eigenvalue weighted by atomic mass is 9.82. The van der Waals surface area contributed by atoms with Gasteiger partial charge in [-0.1, -0.05) is 40.7 Å². The van der Waals surface area contributed by atoms with Gasteiger partial charge in [-0.05, 0) is 30.4 Å². The maximum absolute atomic E-state index is 13.2. The van der Waals surface area contributed by atoms with Gasteiger partial charge in [-0.25, -0.2) is 0 Å². The standard InChI is InChI=1S/C20H31N3O2/c1-8-11-22-18(25)20(7,15(2)3)23(14-19(4,5)6)17(24)16-9-12-21-13-10-16/h8-10,12-13,15H,1,11,14H2,2-7H3,(H,22,25). The Hall–Kier alpha value is -2.17. The van der Waals surface area contributed by atoms with Crippen LogP contribution < -0.4 is 5.32 Å². The van der Waals surface area contributed by atoms with Crippen LogP contribution in [0.15, 0.2) is 37.2 Å². The van der Waals surface area contributed by atoms with E-state index in [9.17, 15) is 9.59 Å². The third kappa shape index (κ3) is 5.15. The minimum atomic E-state index is -0.976. The smallest absolute Gasteiger partial charge is 0.254 e. The molecule has 1 aromatic rings. The topological polar surface area (TPSA) is 62.3 Å². The van der Waals surface area contributed by atoms with Gasteiger partial charge in [-0.2, -0.15) is 0 Å².